The Labute approximate surface area is 110 Å². The van der Waals surface area contributed by atoms with Crippen LogP contribution in [0.5, 0.6) is 0 Å². The van der Waals surface area contributed by atoms with Crippen molar-refractivity contribution >= 4 is 22.9 Å². The molecule has 3 nitrogen and oxygen atoms in total. The topological polar surface area (TPSA) is 38.1 Å². The van der Waals surface area contributed by atoms with Gasteiger partial charge in [-0.05, 0) is 44.6 Å². The minimum Gasteiger partial charge on any atom is -0.448 e. The predicted molar refractivity (Wildman–Crippen MR) is 70.8 cm³/mol. The van der Waals surface area contributed by atoms with E-state index in [2.05, 4.69) is 17.2 Å². The van der Waals surface area contributed by atoms with E-state index in [1.54, 1.807) is 17.4 Å². The molecule has 2 rings (SSSR count). The summed E-state index contributed by atoms with van der Waals surface area (Å²) in [4.78, 5) is 5.80. The molecule has 0 saturated carbocycles. The van der Waals surface area contributed by atoms with Crippen molar-refractivity contribution in [2.45, 2.75) is 26.3 Å². The number of hydrogen-bond acceptors (Lipinski definition) is 4. The summed E-state index contributed by atoms with van der Waals surface area (Å²) in [5.74, 6) is 0.850. The Hall–Kier alpha value is -0.840. The van der Waals surface area contributed by atoms with Gasteiger partial charge in [-0.2, -0.15) is 0 Å². The van der Waals surface area contributed by atoms with Crippen molar-refractivity contribution in [3.05, 3.63) is 38.7 Å². The van der Waals surface area contributed by atoms with E-state index < -0.39 is 0 Å². The fourth-order valence-corrected chi connectivity index (χ4v) is 2.79. The number of furan rings is 1. The summed E-state index contributed by atoms with van der Waals surface area (Å²) in [6, 6.07) is 3.78. The highest BCUT2D eigenvalue weighted by molar-refractivity contribution is 7.11. The highest BCUT2D eigenvalue weighted by Gasteiger charge is 2.16. The Kier molecular flexibility index (Phi) is 3.86. The van der Waals surface area contributed by atoms with Gasteiger partial charge in [-0.1, -0.05) is 0 Å². The van der Waals surface area contributed by atoms with Gasteiger partial charge in [-0.3, -0.25) is 0 Å². The molecule has 92 valence electrons. The molecule has 0 aliphatic heterocycles. The van der Waals surface area contributed by atoms with E-state index in [0.29, 0.717) is 5.22 Å². The molecule has 0 radical (unpaired) electrons. The normalized spacial score (nSPS) is 12.9. The van der Waals surface area contributed by atoms with Gasteiger partial charge in [-0.25, -0.2) is 4.98 Å². The highest BCUT2D eigenvalue weighted by Crippen LogP contribution is 2.25. The Bertz CT molecular complexity index is 487. The van der Waals surface area contributed by atoms with Crippen LogP contribution in [0.1, 0.15) is 27.4 Å². The van der Waals surface area contributed by atoms with Gasteiger partial charge >= 0.3 is 0 Å². The Morgan fingerprint density at radius 3 is 2.71 bits per heavy atom. The fraction of sp³-hybridized carbons (Fsp3) is 0.417. The van der Waals surface area contributed by atoms with Gasteiger partial charge in [0.1, 0.15) is 5.76 Å². The molecule has 1 atom stereocenters. The van der Waals surface area contributed by atoms with Crippen LogP contribution >= 0.6 is 22.9 Å². The van der Waals surface area contributed by atoms with Gasteiger partial charge < -0.3 is 9.73 Å². The standard InChI is InChI=1S/C12H15ClN2OS/c1-7-8(2)17-12(15-7)6-9(14-3)10-4-5-11(13)16-10/h4-5,9,14H,6H2,1-3H3. The second kappa shape index (κ2) is 5.21. The second-order valence-corrected chi connectivity index (χ2v) is 5.60. The first-order valence-corrected chi connectivity index (χ1v) is 6.65. The zero-order valence-electron chi connectivity index (χ0n) is 10.1. The van der Waals surface area contributed by atoms with Gasteiger partial charge in [-0.15, -0.1) is 11.3 Å². The van der Waals surface area contributed by atoms with Gasteiger partial charge in [0.05, 0.1) is 16.7 Å². The van der Waals surface area contributed by atoms with Crippen LogP contribution < -0.4 is 5.32 Å². The summed E-state index contributed by atoms with van der Waals surface area (Å²) in [5, 5.41) is 4.76. The summed E-state index contributed by atoms with van der Waals surface area (Å²) in [5.41, 5.74) is 1.11. The third kappa shape index (κ3) is 2.89. The smallest absolute Gasteiger partial charge is 0.193 e. The third-order valence-electron chi connectivity index (χ3n) is 2.74. The van der Waals surface area contributed by atoms with Crippen molar-refractivity contribution in [3.8, 4) is 0 Å². The lowest BCUT2D eigenvalue weighted by Crippen LogP contribution is -2.18. The van der Waals surface area contributed by atoms with Crippen LogP contribution in [0.2, 0.25) is 5.22 Å². The first-order valence-electron chi connectivity index (χ1n) is 5.45. The molecule has 0 amide bonds. The minimum absolute atomic E-state index is 0.118. The van der Waals surface area contributed by atoms with E-state index in [4.69, 9.17) is 16.0 Å². The van der Waals surface area contributed by atoms with Gasteiger partial charge in [0.2, 0.25) is 0 Å². The summed E-state index contributed by atoms with van der Waals surface area (Å²) >= 11 is 7.52. The van der Waals surface area contributed by atoms with Crippen LogP contribution in [0.4, 0.5) is 0 Å². The van der Waals surface area contributed by atoms with Gasteiger partial charge in [0.25, 0.3) is 0 Å². The quantitative estimate of drug-likeness (QED) is 0.924. The summed E-state index contributed by atoms with van der Waals surface area (Å²) < 4.78 is 5.43. The molecule has 0 aliphatic carbocycles. The summed E-state index contributed by atoms with van der Waals surface area (Å²) in [6.07, 6.45) is 0.819. The second-order valence-electron chi connectivity index (χ2n) is 3.94. The molecule has 0 saturated heterocycles. The number of nitrogens with zero attached hydrogens (tertiary/aromatic N) is 1. The summed E-state index contributed by atoms with van der Waals surface area (Å²) in [6.45, 7) is 4.13. The van der Waals surface area contributed by atoms with E-state index in [1.165, 1.54) is 4.88 Å². The lowest BCUT2D eigenvalue weighted by molar-refractivity contribution is 0.430. The maximum Gasteiger partial charge on any atom is 0.193 e. The van der Waals surface area contributed by atoms with Crippen LogP contribution in [0, 0.1) is 13.8 Å². The molecule has 0 aliphatic rings. The Balaban J connectivity index is 2.15. The molecule has 5 heteroatoms. The fourth-order valence-electron chi connectivity index (χ4n) is 1.66. The average Bonchev–Trinajstić information content (AvgIpc) is 2.83. The number of aromatic nitrogens is 1. The molecule has 1 unspecified atom stereocenters. The average molecular weight is 271 g/mol. The van der Waals surface area contributed by atoms with Crippen molar-refractivity contribution < 1.29 is 4.42 Å². The monoisotopic (exact) mass is 270 g/mol. The van der Waals surface area contributed by atoms with Crippen LogP contribution in [-0.2, 0) is 6.42 Å². The third-order valence-corrected chi connectivity index (χ3v) is 4.04. The zero-order valence-corrected chi connectivity index (χ0v) is 11.7. The molecule has 0 aromatic carbocycles. The maximum absolute atomic E-state index is 5.79. The van der Waals surface area contributed by atoms with Crippen molar-refractivity contribution in [1.82, 2.24) is 10.3 Å². The minimum atomic E-state index is 0.118. The first-order chi connectivity index (χ1) is 8.10. The lowest BCUT2D eigenvalue weighted by atomic mass is 10.1. The molecule has 2 heterocycles. The molecular weight excluding hydrogens is 256 g/mol. The first kappa shape index (κ1) is 12.6. The molecule has 17 heavy (non-hydrogen) atoms. The van der Waals surface area contributed by atoms with E-state index in [9.17, 15) is 0 Å². The lowest BCUT2D eigenvalue weighted by Gasteiger charge is -2.11. The number of thiazole rings is 1. The summed E-state index contributed by atoms with van der Waals surface area (Å²) in [7, 11) is 1.91. The van der Waals surface area contributed by atoms with Crippen LogP contribution in [0.25, 0.3) is 0 Å². The molecule has 2 aromatic heterocycles. The molecule has 0 spiro atoms. The maximum atomic E-state index is 5.79. The number of halogens is 1. The number of likely N-dealkylation sites (N-methyl/N-ethyl adjacent to an activating group) is 1. The van der Waals surface area contributed by atoms with Crippen LogP contribution in [0.3, 0.4) is 0 Å². The largest absolute Gasteiger partial charge is 0.448 e. The number of nitrogens with one attached hydrogen (secondary N) is 1. The van der Waals surface area contributed by atoms with Crippen LogP contribution in [-0.4, -0.2) is 12.0 Å². The van der Waals surface area contributed by atoms with Gasteiger partial charge in [0.15, 0.2) is 5.22 Å². The van der Waals surface area contributed by atoms with E-state index in [1.807, 2.05) is 20.0 Å². The Morgan fingerprint density at radius 1 is 1.47 bits per heavy atom. The van der Waals surface area contributed by atoms with Crippen molar-refractivity contribution in [2.24, 2.45) is 0 Å². The van der Waals surface area contributed by atoms with Crippen molar-refractivity contribution in [2.75, 3.05) is 7.05 Å². The number of rotatable bonds is 4. The predicted octanol–water partition coefficient (Wildman–Crippen LogP) is 3.51. The molecule has 2 aromatic rings. The van der Waals surface area contributed by atoms with Crippen molar-refractivity contribution in [1.29, 1.82) is 0 Å². The van der Waals surface area contributed by atoms with E-state index >= 15 is 0 Å². The van der Waals surface area contributed by atoms with Gasteiger partial charge in [0, 0.05) is 11.3 Å². The molecular formula is C12H15ClN2OS. The van der Waals surface area contributed by atoms with E-state index in [0.717, 1.165) is 22.9 Å². The molecule has 1 N–H and O–H groups in total. The SMILES string of the molecule is CNC(Cc1nc(C)c(C)s1)c1ccc(Cl)o1. The van der Waals surface area contributed by atoms with Crippen molar-refractivity contribution in [3.63, 3.8) is 0 Å². The van der Waals surface area contributed by atoms with E-state index in [-0.39, 0.29) is 6.04 Å². The number of hydrogen-bond donors (Lipinski definition) is 1. The number of aryl methyl sites for hydroxylation is 2. The zero-order chi connectivity index (χ0) is 12.4. The molecule has 0 bridgehead atoms. The Morgan fingerprint density at radius 2 is 2.24 bits per heavy atom. The molecule has 0 fully saturated rings. The highest BCUT2D eigenvalue weighted by atomic mass is 35.5. The van der Waals surface area contributed by atoms with Crippen LogP contribution in [0.15, 0.2) is 16.5 Å².